The van der Waals surface area contributed by atoms with Gasteiger partial charge in [-0.3, -0.25) is 0 Å². The molecule has 0 heterocycles. The summed E-state index contributed by atoms with van der Waals surface area (Å²) in [6.07, 6.45) is -6.75. The largest absolute Gasteiger partial charge is 0.778 e. The van der Waals surface area contributed by atoms with Gasteiger partial charge in [0.2, 0.25) is 0 Å². The van der Waals surface area contributed by atoms with Crippen LogP contribution in [0.3, 0.4) is 0 Å². The number of unbranched alkanes of at least 4 members (excludes halogenated alkanes) is 1. The van der Waals surface area contributed by atoms with E-state index in [-0.39, 0.29) is 18.1 Å². The maximum absolute atomic E-state index is 12.9. The molecular weight excluding hydrogens is 280 g/mol. The number of rotatable bonds is 6. The summed E-state index contributed by atoms with van der Waals surface area (Å²) in [4.78, 5) is 11.5. The van der Waals surface area contributed by atoms with Crippen LogP contribution in [0.15, 0.2) is 30.3 Å². The number of alkyl halides is 3. The third kappa shape index (κ3) is 5.35. The molecule has 0 amide bonds. The Kier molecular flexibility index (Phi) is 5.59. The fourth-order valence-electron chi connectivity index (χ4n) is 1.50. The maximum Gasteiger partial charge on any atom is 0.419 e. The molecule has 1 aromatic carbocycles. The van der Waals surface area contributed by atoms with Crippen LogP contribution in [0, 0.1) is 0 Å². The van der Waals surface area contributed by atoms with Crippen LogP contribution < -0.4 is 4.89 Å². The Labute approximate surface area is 109 Å². The second-order valence-electron chi connectivity index (χ2n) is 4.13. The van der Waals surface area contributed by atoms with Gasteiger partial charge in [-0.1, -0.05) is 43.7 Å². The second-order valence-corrected chi connectivity index (χ2v) is 6.01. The standard InChI is InChI=1S/C12H16F3O3P/c1-2-3-9-19(16,17)18-11(12(13,14)15)10-7-5-4-6-8-10/h4-8,11H,2-3,9H2,1H3,(H,16,17)/p-1. The fourth-order valence-corrected chi connectivity index (χ4v) is 2.87. The van der Waals surface area contributed by atoms with Crippen molar-refractivity contribution in [2.75, 3.05) is 6.16 Å². The van der Waals surface area contributed by atoms with Gasteiger partial charge in [0.15, 0.2) is 6.10 Å². The Balaban J connectivity index is 2.92. The van der Waals surface area contributed by atoms with Crippen LogP contribution in [-0.4, -0.2) is 12.3 Å². The van der Waals surface area contributed by atoms with E-state index in [0.717, 1.165) is 0 Å². The smallest absolute Gasteiger partial charge is 0.419 e. The zero-order valence-corrected chi connectivity index (χ0v) is 11.3. The Morgan fingerprint density at radius 3 is 2.37 bits per heavy atom. The highest BCUT2D eigenvalue weighted by Crippen LogP contribution is 2.49. The molecule has 2 unspecified atom stereocenters. The molecule has 3 nitrogen and oxygen atoms in total. The van der Waals surface area contributed by atoms with Gasteiger partial charge in [-0.25, -0.2) is 0 Å². The predicted octanol–water partition coefficient (Wildman–Crippen LogP) is 3.66. The van der Waals surface area contributed by atoms with Gasteiger partial charge >= 0.3 is 6.18 Å². The molecular formula is C12H15F3O3P-. The number of hydrogen-bond donors (Lipinski definition) is 0. The van der Waals surface area contributed by atoms with Crippen molar-refractivity contribution in [1.82, 2.24) is 0 Å². The van der Waals surface area contributed by atoms with Gasteiger partial charge in [0, 0.05) is 6.16 Å². The molecule has 0 radical (unpaired) electrons. The zero-order chi connectivity index (χ0) is 14.5. The lowest BCUT2D eigenvalue weighted by atomic mass is 10.1. The first-order valence-electron chi connectivity index (χ1n) is 5.86. The third-order valence-electron chi connectivity index (χ3n) is 2.45. The normalized spacial score (nSPS) is 16.9. The lowest BCUT2D eigenvalue weighted by molar-refractivity contribution is -0.240. The van der Waals surface area contributed by atoms with E-state index in [2.05, 4.69) is 4.52 Å². The van der Waals surface area contributed by atoms with E-state index in [1.807, 2.05) is 0 Å². The van der Waals surface area contributed by atoms with Gasteiger partial charge in [-0.15, -0.1) is 0 Å². The van der Waals surface area contributed by atoms with Crippen LogP contribution in [-0.2, 0) is 9.09 Å². The third-order valence-corrected chi connectivity index (χ3v) is 3.85. The molecule has 0 saturated heterocycles. The highest BCUT2D eigenvalue weighted by Gasteiger charge is 2.43. The first kappa shape index (κ1) is 16.2. The van der Waals surface area contributed by atoms with Crippen molar-refractivity contribution in [3.05, 3.63) is 35.9 Å². The SMILES string of the molecule is CCCCP(=O)([O-])OC(c1ccccc1)C(F)(F)F. The summed E-state index contributed by atoms with van der Waals surface area (Å²) in [7, 11) is -4.50. The first-order valence-corrected chi connectivity index (χ1v) is 7.59. The Bertz CT molecular complexity index is 434. The number of hydrogen-bond acceptors (Lipinski definition) is 3. The molecule has 0 fully saturated rings. The summed E-state index contributed by atoms with van der Waals surface area (Å²) in [5.41, 5.74) is -0.220. The lowest BCUT2D eigenvalue weighted by Gasteiger charge is -2.30. The van der Waals surface area contributed by atoms with E-state index in [1.165, 1.54) is 24.3 Å². The average Bonchev–Trinajstić information content (AvgIpc) is 2.33. The number of benzene rings is 1. The Morgan fingerprint density at radius 2 is 1.89 bits per heavy atom. The molecule has 2 atom stereocenters. The van der Waals surface area contributed by atoms with E-state index in [1.54, 1.807) is 13.0 Å². The molecule has 0 N–H and O–H groups in total. The minimum Gasteiger partial charge on any atom is -0.778 e. The van der Waals surface area contributed by atoms with Crippen molar-refractivity contribution < 1.29 is 27.2 Å². The molecule has 0 saturated carbocycles. The zero-order valence-electron chi connectivity index (χ0n) is 10.4. The van der Waals surface area contributed by atoms with E-state index < -0.39 is 19.9 Å². The van der Waals surface area contributed by atoms with Gasteiger partial charge in [0.05, 0.1) is 0 Å². The molecule has 0 aliphatic carbocycles. The number of halogens is 3. The molecule has 108 valence electrons. The topological polar surface area (TPSA) is 49.4 Å². The minimum atomic E-state index is -4.77. The van der Waals surface area contributed by atoms with Crippen LogP contribution in [0.4, 0.5) is 13.2 Å². The van der Waals surface area contributed by atoms with Crippen LogP contribution in [0.25, 0.3) is 0 Å². The van der Waals surface area contributed by atoms with Crippen molar-refractivity contribution in [1.29, 1.82) is 0 Å². The van der Waals surface area contributed by atoms with Gasteiger partial charge in [-0.05, 0) is 12.0 Å². The monoisotopic (exact) mass is 295 g/mol. The summed E-state index contributed by atoms with van der Waals surface area (Å²) in [5, 5.41) is 0. The summed E-state index contributed by atoms with van der Waals surface area (Å²) in [6.45, 7) is 1.75. The predicted molar refractivity (Wildman–Crippen MR) is 63.7 cm³/mol. The van der Waals surface area contributed by atoms with Crippen LogP contribution in [0.5, 0.6) is 0 Å². The van der Waals surface area contributed by atoms with E-state index in [4.69, 9.17) is 0 Å². The molecule has 0 aromatic heterocycles. The first-order chi connectivity index (χ1) is 8.76. The Morgan fingerprint density at radius 1 is 1.32 bits per heavy atom. The Hall–Kier alpha value is -0.840. The molecule has 0 bridgehead atoms. The van der Waals surface area contributed by atoms with Gasteiger partial charge in [-0.2, -0.15) is 13.2 Å². The highest BCUT2D eigenvalue weighted by molar-refractivity contribution is 7.51. The second kappa shape index (κ2) is 6.55. The van der Waals surface area contributed by atoms with Gasteiger partial charge in [0.1, 0.15) is 7.60 Å². The average molecular weight is 295 g/mol. The molecule has 1 aromatic rings. The lowest BCUT2D eigenvalue weighted by Crippen LogP contribution is -2.25. The highest BCUT2D eigenvalue weighted by atomic mass is 31.2. The quantitative estimate of drug-likeness (QED) is 0.752. The van der Waals surface area contributed by atoms with E-state index in [9.17, 15) is 22.6 Å². The van der Waals surface area contributed by atoms with Crippen molar-refractivity contribution in [2.24, 2.45) is 0 Å². The minimum absolute atomic E-state index is 0.220. The fraction of sp³-hybridized carbons (Fsp3) is 0.500. The molecule has 19 heavy (non-hydrogen) atoms. The van der Waals surface area contributed by atoms with Crippen molar-refractivity contribution in [3.8, 4) is 0 Å². The van der Waals surface area contributed by atoms with Crippen molar-refractivity contribution in [2.45, 2.75) is 32.0 Å². The van der Waals surface area contributed by atoms with E-state index >= 15 is 0 Å². The summed E-state index contributed by atoms with van der Waals surface area (Å²) in [6, 6.07) is 6.74. The summed E-state index contributed by atoms with van der Waals surface area (Å²) < 4.78 is 54.5. The van der Waals surface area contributed by atoms with Gasteiger partial charge < -0.3 is 14.0 Å². The van der Waals surface area contributed by atoms with Crippen LogP contribution >= 0.6 is 7.60 Å². The molecule has 7 heteroatoms. The molecule has 0 spiro atoms. The maximum atomic E-state index is 12.9. The van der Waals surface area contributed by atoms with E-state index in [0.29, 0.717) is 6.42 Å². The molecule has 1 rings (SSSR count). The van der Waals surface area contributed by atoms with Crippen LogP contribution in [0.1, 0.15) is 31.4 Å². The summed E-state index contributed by atoms with van der Waals surface area (Å²) >= 11 is 0. The van der Waals surface area contributed by atoms with Crippen molar-refractivity contribution in [3.63, 3.8) is 0 Å². The molecule has 0 aliphatic rings. The van der Waals surface area contributed by atoms with Crippen molar-refractivity contribution >= 4 is 7.60 Å². The van der Waals surface area contributed by atoms with Gasteiger partial charge in [0.25, 0.3) is 0 Å². The summed E-state index contributed by atoms with van der Waals surface area (Å²) in [5.74, 6) is 0. The molecule has 0 aliphatic heterocycles. The van der Waals surface area contributed by atoms with Crippen LogP contribution in [0.2, 0.25) is 0 Å².